The van der Waals surface area contributed by atoms with Crippen LogP contribution in [0.3, 0.4) is 0 Å². The Balaban J connectivity index is 4.14. The summed E-state index contributed by atoms with van der Waals surface area (Å²) >= 11 is 11.9. The fraction of sp³-hybridized carbons (Fsp3) is 1.00. The normalized spacial score (nSPS) is 14.0. The minimum atomic E-state index is -0.639. The third kappa shape index (κ3) is 2.32. The SMILES string of the molecule is CCC(Cl)(Cl)[N+](C)(C)C. The molecular weight excluding hydrogens is 157 g/mol. The molecule has 0 saturated carbocycles. The third-order valence-corrected chi connectivity index (χ3v) is 2.96. The molecule has 0 N–H and O–H groups in total. The van der Waals surface area contributed by atoms with Crippen LogP contribution in [-0.2, 0) is 0 Å². The van der Waals surface area contributed by atoms with Gasteiger partial charge in [-0.15, -0.1) is 0 Å². The number of hydrogen-bond donors (Lipinski definition) is 0. The topological polar surface area (TPSA) is 0 Å². The maximum atomic E-state index is 5.93. The highest BCUT2D eigenvalue weighted by Crippen LogP contribution is 2.31. The van der Waals surface area contributed by atoms with E-state index in [1.165, 1.54) is 0 Å². The molecule has 0 aromatic rings. The van der Waals surface area contributed by atoms with Gasteiger partial charge >= 0.3 is 0 Å². The monoisotopic (exact) mass is 170 g/mol. The van der Waals surface area contributed by atoms with E-state index in [4.69, 9.17) is 23.2 Å². The molecule has 0 aliphatic rings. The maximum absolute atomic E-state index is 5.93. The zero-order valence-electron chi connectivity index (χ0n) is 6.41. The smallest absolute Gasteiger partial charge is 0.250 e. The lowest BCUT2D eigenvalue weighted by Gasteiger charge is -2.35. The van der Waals surface area contributed by atoms with Gasteiger partial charge in [0, 0.05) is 6.42 Å². The molecule has 0 amide bonds. The fourth-order valence-corrected chi connectivity index (χ4v) is 0.474. The van der Waals surface area contributed by atoms with Crippen LogP contribution in [0, 0.1) is 0 Å². The quantitative estimate of drug-likeness (QED) is 0.339. The summed E-state index contributed by atoms with van der Waals surface area (Å²) < 4.78 is -0.0629. The van der Waals surface area contributed by atoms with Crippen molar-refractivity contribution < 1.29 is 4.48 Å². The van der Waals surface area contributed by atoms with Gasteiger partial charge in [-0.3, -0.25) is 0 Å². The van der Waals surface area contributed by atoms with E-state index >= 15 is 0 Å². The Morgan fingerprint density at radius 2 is 1.56 bits per heavy atom. The first kappa shape index (κ1) is 9.54. The van der Waals surface area contributed by atoms with E-state index in [9.17, 15) is 0 Å². The lowest BCUT2D eigenvalue weighted by molar-refractivity contribution is -0.894. The number of quaternary nitrogens is 1. The van der Waals surface area contributed by atoms with Gasteiger partial charge in [0.25, 0.3) is 0 Å². The summed E-state index contributed by atoms with van der Waals surface area (Å²) in [6.07, 6.45) is 0.764. The average molecular weight is 171 g/mol. The minimum absolute atomic E-state index is 0.576. The van der Waals surface area contributed by atoms with Crippen LogP contribution >= 0.6 is 23.2 Å². The summed E-state index contributed by atoms with van der Waals surface area (Å²) in [4.78, 5) is 0. The van der Waals surface area contributed by atoms with Gasteiger partial charge in [-0.05, 0) is 23.2 Å². The predicted molar refractivity (Wildman–Crippen MR) is 42.8 cm³/mol. The molecule has 0 aliphatic carbocycles. The molecule has 9 heavy (non-hydrogen) atoms. The molecule has 1 nitrogen and oxygen atoms in total. The van der Waals surface area contributed by atoms with Gasteiger partial charge in [-0.25, -0.2) is 0 Å². The molecule has 0 fully saturated rings. The van der Waals surface area contributed by atoms with E-state index in [2.05, 4.69) is 0 Å². The summed E-state index contributed by atoms with van der Waals surface area (Å²) in [5.41, 5.74) is 0. The second-order valence-corrected chi connectivity index (χ2v) is 4.48. The largest absolute Gasteiger partial charge is 0.300 e. The highest BCUT2D eigenvalue weighted by Gasteiger charge is 2.36. The van der Waals surface area contributed by atoms with E-state index in [0.717, 1.165) is 6.42 Å². The summed E-state index contributed by atoms with van der Waals surface area (Å²) in [7, 11) is 5.93. The second-order valence-electron chi connectivity index (χ2n) is 3.03. The summed E-state index contributed by atoms with van der Waals surface area (Å²) in [6, 6.07) is 0. The van der Waals surface area contributed by atoms with E-state index in [1.54, 1.807) is 0 Å². The Morgan fingerprint density at radius 3 is 1.56 bits per heavy atom. The second kappa shape index (κ2) is 2.65. The zero-order chi connectivity index (χ0) is 7.71. The van der Waals surface area contributed by atoms with E-state index < -0.39 is 4.46 Å². The average Bonchev–Trinajstić information content (AvgIpc) is 1.64. The molecule has 0 aliphatic heterocycles. The number of hydrogen-bond acceptors (Lipinski definition) is 0. The van der Waals surface area contributed by atoms with Gasteiger partial charge in [0.15, 0.2) is 0 Å². The van der Waals surface area contributed by atoms with E-state index in [0.29, 0.717) is 4.48 Å². The number of halogens is 2. The van der Waals surface area contributed by atoms with Crippen molar-refractivity contribution in [1.29, 1.82) is 0 Å². The van der Waals surface area contributed by atoms with E-state index in [1.807, 2.05) is 28.1 Å². The lowest BCUT2D eigenvalue weighted by atomic mass is 10.4. The molecule has 0 radical (unpaired) electrons. The standard InChI is InChI=1S/C6H14Cl2N/c1-5-6(7,8)9(2,3)4/h5H2,1-4H3/q+1. The van der Waals surface area contributed by atoms with Gasteiger partial charge in [0.1, 0.15) is 0 Å². The third-order valence-electron chi connectivity index (χ3n) is 1.41. The lowest BCUT2D eigenvalue weighted by Crippen LogP contribution is -2.48. The summed E-state index contributed by atoms with van der Waals surface area (Å²) in [5.74, 6) is 0. The molecule has 0 bridgehead atoms. The van der Waals surface area contributed by atoms with Crippen LogP contribution in [0.25, 0.3) is 0 Å². The van der Waals surface area contributed by atoms with Crippen molar-refractivity contribution in [3.63, 3.8) is 0 Å². The first-order valence-electron chi connectivity index (χ1n) is 3.00. The highest BCUT2D eigenvalue weighted by atomic mass is 35.5. The molecule has 56 valence electrons. The van der Waals surface area contributed by atoms with Crippen LogP contribution in [0.15, 0.2) is 0 Å². The van der Waals surface area contributed by atoms with Gasteiger partial charge in [-0.2, -0.15) is 0 Å². The first-order valence-corrected chi connectivity index (χ1v) is 3.76. The molecule has 0 atom stereocenters. The summed E-state index contributed by atoms with van der Waals surface area (Å²) in [5, 5.41) is 0. The highest BCUT2D eigenvalue weighted by molar-refractivity contribution is 6.46. The van der Waals surface area contributed by atoms with Crippen molar-refractivity contribution in [2.75, 3.05) is 21.1 Å². The van der Waals surface area contributed by atoms with Crippen LogP contribution in [0.1, 0.15) is 13.3 Å². The Labute approximate surface area is 67.1 Å². The van der Waals surface area contributed by atoms with Crippen LogP contribution in [-0.4, -0.2) is 30.1 Å². The van der Waals surface area contributed by atoms with Gasteiger partial charge in [0.2, 0.25) is 4.46 Å². The van der Waals surface area contributed by atoms with Crippen LogP contribution < -0.4 is 0 Å². The minimum Gasteiger partial charge on any atom is -0.300 e. The van der Waals surface area contributed by atoms with Crippen molar-refractivity contribution in [2.45, 2.75) is 17.8 Å². The molecule has 0 aromatic carbocycles. The molecule has 3 heteroatoms. The first-order chi connectivity index (χ1) is 3.81. The fourth-order valence-electron chi connectivity index (χ4n) is 0.474. The Bertz CT molecular complexity index is 93.7. The molecule has 0 unspecified atom stereocenters. The zero-order valence-corrected chi connectivity index (χ0v) is 7.92. The Kier molecular flexibility index (Phi) is 2.81. The number of alkyl halides is 2. The number of rotatable bonds is 2. The van der Waals surface area contributed by atoms with Crippen molar-refractivity contribution in [2.24, 2.45) is 0 Å². The van der Waals surface area contributed by atoms with Gasteiger partial charge in [0.05, 0.1) is 21.1 Å². The Hall–Kier alpha value is 0.540. The van der Waals surface area contributed by atoms with Crippen molar-refractivity contribution in [3.8, 4) is 0 Å². The Morgan fingerprint density at radius 1 is 1.22 bits per heavy atom. The molecule has 0 rings (SSSR count). The van der Waals surface area contributed by atoms with E-state index in [-0.39, 0.29) is 0 Å². The van der Waals surface area contributed by atoms with Gasteiger partial charge < -0.3 is 4.48 Å². The maximum Gasteiger partial charge on any atom is 0.250 e. The van der Waals surface area contributed by atoms with Crippen LogP contribution in [0.4, 0.5) is 0 Å². The van der Waals surface area contributed by atoms with Crippen molar-refractivity contribution >= 4 is 23.2 Å². The van der Waals surface area contributed by atoms with Crippen molar-refractivity contribution in [1.82, 2.24) is 0 Å². The number of nitrogens with zero attached hydrogens (tertiary/aromatic N) is 1. The molecule has 0 saturated heterocycles. The van der Waals surface area contributed by atoms with Gasteiger partial charge in [-0.1, -0.05) is 6.92 Å². The van der Waals surface area contributed by atoms with Crippen LogP contribution in [0.5, 0.6) is 0 Å². The predicted octanol–water partition coefficient (Wildman–Crippen LogP) is 2.23. The molecular formula is C6H14Cl2N+. The van der Waals surface area contributed by atoms with Crippen LogP contribution in [0.2, 0.25) is 0 Å². The molecule has 0 heterocycles. The van der Waals surface area contributed by atoms with Crippen molar-refractivity contribution in [3.05, 3.63) is 0 Å². The molecule has 0 spiro atoms. The summed E-state index contributed by atoms with van der Waals surface area (Å²) in [6.45, 7) is 1.98. The molecule has 0 aromatic heterocycles.